The molecule has 0 atom stereocenters. The van der Waals surface area contributed by atoms with Crippen LogP contribution in [0.3, 0.4) is 0 Å². The standard InChI is InChI=1S/C11H9N5O/c12-11-14-10(17-15-11)8-6-13-16(7-8)9-4-2-1-3-5-9/h1-7H,(H2,12,15). The maximum Gasteiger partial charge on any atom is 0.262 e. The largest absolute Gasteiger partial charge is 0.365 e. The Labute approximate surface area is 96.7 Å². The predicted molar refractivity (Wildman–Crippen MR) is 61.3 cm³/mol. The Kier molecular flexibility index (Phi) is 2.11. The highest BCUT2D eigenvalue weighted by Gasteiger charge is 2.09. The van der Waals surface area contributed by atoms with E-state index in [0.29, 0.717) is 5.89 Å². The molecular formula is C11H9N5O. The summed E-state index contributed by atoms with van der Waals surface area (Å²) in [7, 11) is 0. The first kappa shape index (κ1) is 9.59. The van der Waals surface area contributed by atoms with Crippen LogP contribution in [0.25, 0.3) is 17.1 Å². The molecule has 0 unspecified atom stereocenters. The summed E-state index contributed by atoms with van der Waals surface area (Å²) >= 11 is 0. The van der Waals surface area contributed by atoms with Crippen LogP contribution in [-0.4, -0.2) is 19.9 Å². The molecule has 0 aliphatic carbocycles. The van der Waals surface area contributed by atoms with Gasteiger partial charge in [-0.3, -0.25) is 0 Å². The Morgan fingerprint density at radius 2 is 2.00 bits per heavy atom. The van der Waals surface area contributed by atoms with Crippen molar-refractivity contribution in [3.8, 4) is 17.1 Å². The SMILES string of the molecule is Nc1noc(-c2cnn(-c3ccccc3)c2)n1. The van der Waals surface area contributed by atoms with Gasteiger partial charge in [-0.05, 0) is 17.3 Å². The minimum atomic E-state index is 0.118. The minimum absolute atomic E-state index is 0.118. The molecule has 0 saturated carbocycles. The number of benzene rings is 1. The number of hydrogen-bond acceptors (Lipinski definition) is 5. The van der Waals surface area contributed by atoms with Crippen LogP contribution in [0.1, 0.15) is 0 Å². The number of nitrogens with two attached hydrogens (primary N) is 1. The smallest absolute Gasteiger partial charge is 0.262 e. The van der Waals surface area contributed by atoms with Gasteiger partial charge in [0.1, 0.15) is 0 Å². The lowest BCUT2D eigenvalue weighted by Gasteiger charge is -1.98. The second kappa shape index (κ2) is 3.75. The van der Waals surface area contributed by atoms with E-state index in [0.717, 1.165) is 11.3 Å². The van der Waals surface area contributed by atoms with E-state index in [1.165, 1.54) is 0 Å². The molecule has 0 fully saturated rings. The van der Waals surface area contributed by atoms with Crippen molar-refractivity contribution in [3.05, 3.63) is 42.7 Å². The molecule has 1 aromatic carbocycles. The zero-order valence-corrected chi connectivity index (χ0v) is 8.82. The highest BCUT2D eigenvalue weighted by molar-refractivity contribution is 5.52. The van der Waals surface area contributed by atoms with Gasteiger partial charge in [0.25, 0.3) is 11.8 Å². The van der Waals surface area contributed by atoms with Crippen molar-refractivity contribution >= 4 is 5.95 Å². The van der Waals surface area contributed by atoms with Crippen LogP contribution in [0.15, 0.2) is 47.2 Å². The molecule has 0 radical (unpaired) electrons. The molecule has 6 nitrogen and oxygen atoms in total. The summed E-state index contributed by atoms with van der Waals surface area (Å²) in [6.07, 6.45) is 3.46. The summed E-state index contributed by atoms with van der Waals surface area (Å²) in [6.45, 7) is 0. The molecule has 0 bridgehead atoms. The van der Waals surface area contributed by atoms with Gasteiger partial charge in [-0.1, -0.05) is 18.2 Å². The van der Waals surface area contributed by atoms with Crippen LogP contribution in [0.4, 0.5) is 5.95 Å². The third-order valence-corrected chi connectivity index (χ3v) is 2.29. The average Bonchev–Trinajstić information content (AvgIpc) is 2.98. The summed E-state index contributed by atoms with van der Waals surface area (Å²) in [6, 6.07) is 9.76. The zero-order chi connectivity index (χ0) is 11.7. The second-order valence-corrected chi connectivity index (χ2v) is 3.47. The van der Waals surface area contributed by atoms with Crippen molar-refractivity contribution in [1.29, 1.82) is 0 Å². The van der Waals surface area contributed by atoms with Crippen molar-refractivity contribution in [2.75, 3.05) is 5.73 Å². The number of nitrogens with zero attached hydrogens (tertiary/aromatic N) is 4. The zero-order valence-electron chi connectivity index (χ0n) is 8.82. The van der Waals surface area contributed by atoms with Gasteiger partial charge in [-0.2, -0.15) is 10.1 Å². The fourth-order valence-corrected chi connectivity index (χ4v) is 1.51. The topological polar surface area (TPSA) is 82.8 Å². The predicted octanol–water partition coefficient (Wildman–Crippen LogP) is 1.50. The molecule has 3 aromatic rings. The lowest BCUT2D eigenvalue weighted by Crippen LogP contribution is -1.92. The van der Waals surface area contributed by atoms with Gasteiger partial charge >= 0.3 is 0 Å². The summed E-state index contributed by atoms with van der Waals surface area (Å²) < 4.78 is 6.69. The van der Waals surface area contributed by atoms with E-state index in [1.807, 2.05) is 36.5 Å². The van der Waals surface area contributed by atoms with E-state index in [2.05, 4.69) is 15.2 Å². The number of nitrogen functional groups attached to an aromatic ring is 1. The van der Waals surface area contributed by atoms with Crippen LogP contribution >= 0.6 is 0 Å². The maximum atomic E-state index is 5.39. The normalized spacial score (nSPS) is 10.6. The van der Waals surface area contributed by atoms with Crippen molar-refractivity contribution in [2.24, 2.45) is 0 Å². The minimum Gasteiger partial charge on any atom is -0.365 e. The average molecular weight is 227 g/mol. The molecule has 0 saturated heterocycles. The molecule has 2 N–H and O–H groups in total. The number of para-hydroxylation sites is 1. The van der Waals surface area contributed by atoms with Crippen molar-refractivity contribution in [1.82, 2.24) is 19.9 Å². The first-order chi connectivity index (χ1) is 8.33. The van der Waals surface area contributed by atoms with Gasteiger partial charge in [0, 0.05) is 6.20 Å². The molecule has 6 heteroatoms. The molecule has 0 spiro atoms. The van der Waals surface area contributed by atoms with E-state index >= 15 is 0 Å². The Morgan fingerprint density at radius 1 is 1.18 bits per heavy atom. The number of aromatic nitrogens is 4. The molecule has 2 aromatic heterocycles. The molecular weight excluding hydrogens is 218 g/mol. The molecule has 0 aliphatic rings. The van der Waals surface area contributed by atoms with Gasteiger partial charge in [-0.15, -0.1) is 0 Å². The Hall–Kier alpha value is -2.63. The highest BCUT2D eigenvalue weighted by atomic mass is 16.5. The van der Waals surface area contributed by atoms with Crippen LogP contribution < -0.4 is 5.73 Å². The summed E-state index contributed by atoms with van der Waals surface area (Å²) in [5.74, 6) is 0.483. The Balaban J connectivity index is 1.99. The maximum absolute atomic E-state index is 5.39. The van der Waals surface area contributed by atoms with E-state index in [1.54, 1.807) is 10.9 Å². The summed E-state index contributed by atoms with van der Waals surface area (Å²) in [5.41, 5.74) is 7.09. The summed E-state index contributed by atoms with van der Waals surface area (Å²) in [5, 5.41) is 7.75. The van der Waals surface area contributed by atoms with Crippen molar-refractivity contribution < 1.29 is 4.52 Å². The van der Waals surface area contributed by atoms with Gasteiger partial charge in [0.05, 0.1) is 17.4 Å². The highest BCUT2D eigenvalue weighted by Crippen LogP contribution is 2.18. The van der Waals surface area contributed by atoms with E-state index in [-0.39, 0.29) is 5.95 Å². The third-order valence-electron chi connectivity index (χ3n) is 2.29. The van der Waals surface area contributed by atoms with Gasteiger partial charge in [-0.25, -0.2) is 4.68 Å². The number of rotatable bonds is 2. The van der Waals surface area contributed by atoms with Crippen LogP contribution in [0, 0.1) is 0 Å². The molecule has 17 heavy (non-hydrogen) atoms. The van der Waals surface area contributed by atoms with Gasteiger partial charge in [0.2, 0.25) is 0 Å². The van der Waals surface area contributed by atoms with Crippen molar-refractivity contribution in [3.63, 3.8) is 0 Å². The van der Waals surface area contributed by atoms with E-state index in [4.69, 9.17) is 10.3 Å². The van der Waals surface area contributed by atoms with Gasteiger partial charge in [0.15, 0.2) is 0 Å². The van der Waals surface area contributed by atoms with E-state index in [9.17, 15) is 0 Å². The third kappa shape index (κ3) is 1.76. The Bertz CT molecular complexity index is 628. The molecule has 84 valence electrons. The van der Waals surface area contributed by atoms with E-state index < -0.39 is 0 Å². The first-order valence-electron chi connectivity index (χ1n) is 5.02. The first-order valence-corrected chi connectivity index (χ1v) is 5.02. The molecule has 0 aliphatic heterocycles. The van der Waals surface area contributed by atoms with Gasteiger partial charge < -0.3 is 10.3 Å². The van der Waals surface area contributed by atoms with Crippen LogP contribution in [0.2, 0.25) is 0 Å². The monoisotopic (exact) mass is 227 g/mol. The Morgan fingerprint density at radius 3 is 2.71 bits per heavy atom. The fourth-order valence-electron chi connectivity index (χ4n) is 1.51. The molecule has 2 heterocycles. The van der Waals surface area contributed by atoms with Crippen molar-refractivity contribution in [2.45, 2.75) is 0 Å². The molecule has 0 amide bonds. The summed E-state index contributed by atoms with van der Waals surface area (Å²) in [4.78, 5) is 3.93. The molecule has 3 rings (SSSR count). The fraction of sp³-hybridized carbons (Fsp3) is 0. The van der Waals surface area contributed by atoms with Crippen LogP contribution in [0.5, 0.6) is 0 Å². The number of anilines is 1. The lowest BCUT2D eigenvalue weighted by molar-refractivity contribution is 0.433. The second-order valence-electron chi connectivity index (χ2n) is 3.47. The number of hydrogen-bond donors (Lipinski definition) is 1. The van der Waals surface area contributed by atoms with Crippen LogP contribution in [-0.2, 0) is 0 Å². The lowest BCUT2D eigenvalue weighted by atomic mass is 10.3. The quantitative estimate of drug-likeness (QED) is 0.717.